The van der Waals surface area contributed by atoms with E-state index in [1.54, 1.807) is 6.92 Å². The highest BCUT2D eigenvalue weighted by molar-refractivity contribution is 5.91. The fraction of sp³-hybridized carbons (Fsp3) is 0.227. The molecular weight excluding hydrogens is 372 g/mol. The van der Waals surface area contributed by atoms with Crippen LogP contribution in [0.1, 0.15) is 29.5 Å². The number of hydrogen-bond acceptors (Lipinski definition) is 4. The fourth-order valence-corrected chi connectivity index (χ4v) is 3.12. The Labute approximate surface area is 167 Å². The molecule has 0 aliphatic rings. The average molecular weight is 394 g/mol. The van der Waals surface area contributed by atoms with Gasteiger partial charge in [-0.05, 0) is 29.5 Å². The van der Waals surface area contributed by atoms with Gasteiger partial charge in [0, 0.05) is 6.04 Å². The van der Waals surface area contributed by atoms with Crippen LogP contribution in [0.2, 0.25) is 0 Å². The van der Waals surface area contributed by atoms with Crippen molar-refractivity contribution in [3.8, 4) is 11.1 Å². The lowest BCUT2D eigenvalue weighted by Gasteiger charge is -2.20. The highest BCUT2D eigenvalue weighted by atomic mass is 16.4. The molecule has 0 saturated heterocycles. The second-order valence-electron chi connectivity index (χ2n) is 6.95. The molecule has 1 aromatic heterocycles. The van der Waals surface area contributed by atoms with Gasteiger partial charge in [-0.15, -0.1) is 0 Å². The molecule has 3 N–H and O–H groups in total. The standard InChI is InChI=1S/C22H22N2O5/c1-14(21(26)27)11-18(24-20(25)19-13-23-22(28)29-19)12-15-7-9-17(10-8-15)16-5-3-2-4-6-16/h2-10,13-14,18H,11-12H2,1H3,(H,23,28)(H,24,25)(H,26,27)/t14-,18+/m1/s1. The molecule has 0 unspecified atom stereocenters. The molecular formula is C22H22N2O5. The van der Waals surface area contributed by atoms with Crippen molar-refractivity contribution in [2.45, 2.75) is 25.8 Å². The van der Waals surface area contributed by atoms with E-state index in [0.29, 0.717) is 6.42 Å². The van der Waals surface area contributed by atoms with Crippen molar-refractivity contribution in [3.63, 3.8) is 0 Å². The van der Waals surface area contributed by atoms with Gasteiger partial charge in [-0.1, -0.05) is 61.5 Å². The van der Waals surface area contributed by atoms with E-state index in [0.717, 1.165) is 16.7 Å². The predicted molar refractivity (Wildman–Crippen MR) is 108 cm³/mol. The zero-order chi connectivity index (χ0) is 20.8. The minimum Gasteiger partial charge on any atom is -0.481 e. The number of carbonyl (C=O) groups is 2. The molecule has 7 heteroatoms. The Morgan fingerprint density at radius 2 is 1.72 bits per heavy atom. The van der Waals surface area contributed by atoms with E-state index in [1.807, 2.05) is 54.6 Å². The number of benzene rings is 2. The van der Waals surface area contributed by atoms with E-state index in [1.165, 1.54) is 6.20 Å². The first-order valence-corrected chi connectivity index (χ1v) is 9.29. The third-order valence-electron chi connectivity index (χ3n) is 4.69. The molecule has 0 fully saturated rings. The van der Waals surface area contributed by atoms with Gasteiger partial charge in [-0.3, -0.25) is 14.6 Å². The third kappa shape index (κ3) is 5.44. The fourth-order valence-electron chi connectivity index (χ4n) is 3.12. The summed E-state index contributed by atoms with van der Waals surface area (Å²) in [5.74, 6) is -2.99. The Kier molecular flexibility index (Phi) is 6.29. The minimum absolute atomic E-state index is 0.137. The minimum atomic E-state index is -0.933. The van der Waals surface area contributed by atoms with Crippen LogP contribution in [0.15, 0.2) is 70.0 Å². The molecule has 2 aromatic carbocycles. The molecule has 1 heterocycles. The molecule has 0 bridgehead atoms. The monoisotopic (exact) mass is 394 g/mol. The number of aromatic amines is 1. The summed E-state index contributed by atoms with van der Waals surface area (Å²) in [4.78, 5) is 37.0. The largest absolute Gasteiger partial charge is 0.481 e. The van der Waals surface area contributed by atoms with Gasteiger partial charge in [0.25, 0.3) is 5.91 Å². The number of hydrogen-bond donors (Lipinski definition) is 3. The summed E-state index contributed by atoms with van der Waals surface area (Å²) in [6.07, 6.45) is 1.88. The van der Waals surface area contributed by atoms with Gasteiger partial charge in [0.1, 0.15) is 0 Å². The van der Waals surface area contributed by atoms with Gasteiger partial charge >= 0.3 is 11.7 Å². The first kappa shape index (κ1) is 20.1. The SMILES string of the molecule is C[C@H](C[C@@H](Cc1ccc(-c2ccccc2)cc1)NC(=O)c1c[nH]c(=O)o1)C(=O)O. The quantitative estimate of drug-likeness (QED) is 0.543. The second kappa shape index (κ2) is 9.05. The number of aliphatic carboxylic acids is 1. The van der Waals surface area contributed by atoms with E-state index in [9.17, 15) is 19.5 Å². The zero-order valence-corrected chi connectivity index (χ0v) is 15.9. The van der Waals surface area contributed by atoms with Crippen LogP contribution in [0.4, 0.5) is 0 Å². The van der Waals surface area contributed by atoms with Gasteiger partial charge in [0.2, 0.25) is 5.76 Å². The molecule has 3 rings (SSSR count). The Morgan fingerprint density at radius 1 is 1.07 bits per heavy atom. The number of carbonyl (C=O) groups excluding carboxylic acids is 1. The molecule has 2 atom stereocenters. The lowest BCUT2D eigenvalue weighted by molar-refractivity contribution is -0.141. The van der Waals surface area contributed by atoms with E-state index in [-0.39, 0.29) is 12.2 Å². The van der Waals surface area contributed by atoms with Crippen LogP contribution in [-0.4, -0.2) is 28.0 Å². The topological polar surface area (TPSA) is 112 Å². The molecule has 150 valence electrons. The number of oxazole rings is 1. The van der Waals surface area contributed by atoms with Gasteiger partial charge in [-0.25, -0.2) is 4.79 Å². The molecule has 0 aliphatic heterocycles. The number of rotatable bonds is 8. The Hall–Kier alpha value is -3.61. The maximum atomic E-state index is 12.3. The molecule has 7 nitrogen and oxygen atoms in total. The Morgan fingerprint density at radius 3 is 2.31 bits per heavy atom. The summed E-state index contributed by atoms with van der Waals surface area (Å²) in [7, 11) is 0. The lowest BCUT2D eigenvalue weighted by atomic mass is 9.95. The summed E-state index contributed by atoms with van der Waals surface area (Å²) in [6, 6.07) is 17.4. The molecule has 0 radical (unpaired) electrons. The van der Waals surface area contributed by atoms with Crippen LogP contribution >= 0.6 is 0 Å². The van der Waals surface area contributed by atoms with Crippen molar-refractivity contribution in [2.24, 2.45) is 5.92 Å². The van der Waals surface area contributed by atoms with Crippen LogP contribution < -0.4 is 11.1 Å². The number of carboxylic acid groups (broad SMARTS) is 1. The maximum absolute atomic E-state index is 12.3. The van der Waals surface area contributed by atoms with Gasteiger partial charge in [-0.2, -0.15) is 0 Å². The third-order valence-corrected chi connectivity index (χ3v) is 4.69. The van der Waals surface area contributed by atoms with E-state index in [2.05, 4.69) is 10.3 Å². The predicted octanol–water partition coefficient (Wildman–Crippen LogP) is 3.09. The first-order valence-electron chi connectivity index (χ1n) is 9.29. The summed E-state index contributed by atoms with van der Waals surface area (Å²) in [5, 5.41) is 12.0. The van der Waals surface area contributed by atoms with Gasteiger partial charge in [0.15, 0.2) is 0 Å². The summed E-state index contributed by atoms with van der Waals surface area (Å²) in [6.45, 7) is 1.59. The highest BCUT2D eigenvalue weighted by Crippen LogP contribution is 2.20. The molecule has 0 saturated carbocycles. The van der Waals surface area contributed by atoms with Crippen LogP contribution in [-0.2, 0) is 11.2 Å². The van der Waals surface area contributed by atoms with Gasteiger partial charge < -0.3 is 14.8 Å². The molecule has 29 heavy (non-hydrogen) atoms. The lowest BCUT2D eigenvalue weighted by Crippen LogP contribution is -2.38. The second-order valence-corrected chi connectivity index (χ2v) is 6.95. The number of carboxylic acids is 1. The number of aromatic nitrogens is 1. The van der Waals surface area contributed by atoms with Crippen LogP contribution in [0.3, 0.4) is 0 Å². The number of amides is 1. The summed E-state index contributed by atoms with van der Waals surface area (Å²) >= 11 is 0. The average Bonchev–Trinajstić information content (AvgIpc) is 3.15. The highest BCUT2D eigenvalue weighted by Gasteiger charge is 2.22. The van der Waals surface area contributed by atoms with Crippen molar-refractivity contribution < 1.29 is 19.1 Å². The van der Waals surface area contributed by atoms with Crippen LogP contribution in [0, 0.1) is 5.92 Å². The van der Waals surface area contributed by atoms with E-state index >= 15 is 0 Å². The van der Waals surface area contributed by atoms with E-state index in [4.69, 9.17) is 4.42 Å². The van der Waals surface area contributed by atoms with Crippen molar-refractivity contribution in [3.05, 3.63) is 82.7 Å². The maximum Gasteiger partial charge on any atom is 0.416 e. The van der Waals surface area contributed by atoms with Gasteiger partial charge in [0.05, 0.1) is 12.1 Å². The normalized spacial score (nSPS) is 12.9. The smallest absolute Gasteiger partial charge is 0.416 e. The number of H-pyrrole nitrogens is 1. The molecule has 3 aromatic rings. The molecule has 1 amide bonds. The molecule has 0 aliphatic carbocycles. The number of nitrogens with one attached hydrogen (secondary N) is 2. The summed E-state index contributed by atoms with van der Waals surface area (Å²) in [5.41, 5.74) is 3.14. The van der Waals surface area contributed by atoms with Crippen molar-refractivity contribution in [2.75, 3.05) is 0 Å². The Bertz CT molecular complexity index is 1020. The van der Waals surface area contributed by atoms with Crippen LogP contribution in [0.25, 0.3) is 11.1 Å². The molecule has 0 spiro atoms. The van der Waals surface area contributed by atoms with Crippen molar-refractivity contribution in [1.29, 1.82) is 0 Å². The zero-order valence-electron chi connectivity index (χ0n) is 15.9. The van der Waals surface area contributed by atoms with Crippen molar-refractivity contribution >= 4 is 11.9 Å². The van der Waals surface area contributed by atoms with E-state index < -0.39 is 29.6 Å². The summed E-state index contributed by atoms with van der Waals surface area (Å²) < 4.78 is 4.77. The first-order chi connectivity index (χ1) is 13.9. The van der Waals surface area contributed by atoms with Crippen LogP contribution in [0.5, 0.6) is 0 Å². The van der Waals surface area contributed by atoms with Crippen molar-refractivity contribution in [1.82, 2.24) is 10.3 Å². The Balaban J connectivity index is 1.74.